The fraction of sp³-hybridized carbons (Fsp3) is 0.714. The van der Waals surface area contributed by atoms with Gasteiger partial charge in [-0.1, -0.05) is 47.8 Å². The lowest BCUT2D eigenvalue weighted by atomic mass is 10.2. The number of halogens is 1. The van der Waals surface area contributed by atoms with E-state index in [1.165, 1.54) is 19.3 Å². The van der Waals surface area contributed by atoms with Crippen LogP contribution in [0.3, 0.4) is 0 Å². The maximum Gasteiger partial charge on any atom is 0.0212 e. The van der Waals surface area contributed by atoms with Crippen molar-refractivity contribution in [1.29, 1.82) is 0 Å². The van der Waals surface area contributed by atoms with Gasteiger partial charge in [-0.2, -0.15) is 0 Å². The first-order valence-corrected chi connectivity index (χ1v) is 4.25. The molecule has 0 saturated heterocycles. The molecule has 0 nitrogen and oxygen atoms in total. The molecule has 0 N–H and O–H groups in total. The van der Waals surface area contributed by atoms with E-state index in [9.17, 15) is 0 Å². The summed E-state index contributed by atoms with van der Waals surface area (Å²) in [5.74, 6) is 0. The van der Waals surface area contributed by atoms with Gasteiger partial charge in [-0.3, -0.25) is 0 Å². The van der Waals surface area contributed by atoms with Gasteiger partial charge in [0.05, 0.1) is 0 Å². The van der Waals surface area contributed by atoms with Crippen LogP contribution in [0.15, 0.2) is 12.2 Å². The van der Waals surface area contributed by atoms with Crippen LogP contribution in [0.1, 0.15) is 26.2 Å². The minimum Gasteiger partial charge on any atom is -0.0883 e. The quantitative estimate of drug-likeness (QED) is 0.351. The van der Waals surface area contributed by atoms with Crippen LogP contribution in [0.25, 0.3) is 0 Å². The number of rotatable bonds is 4. The summed E-state index contributed by atoms with van der Waals surface area (Å²) in [5, 5.41) is 0.997. The van der Waals surface area contributed by atoms with Crippen LogP contribution >= 0.6 is 15.9 Å². The minimum absolute atomic E-state index is 0.997. The summed E-state index contributed by atoms with van der Waals surface area (Å²) in [5.41, 5.74) is 0. The van der Waals surface area contributed by atoms with E-state index in [1.807, 2.05) is 0 Å². The van der Waals surface area contributed by atoms with Crippen LogP contribution in [0, 0.1) is 0 Å². The second-order valence-electron chi connectivity index (χ2n) is 1.77. The second-order valence-corrected chi connectivity index (χ2v) is 2.42. The highest BCUT2D eigenvalue weighted by Crippen LogP contribution is 1.94. The molecule has 0 aliphatic rings. The van der Waals surface area contributed by atoms with E-state index in [2.05, 4.69) is 35.0 Å². The Morgan fingerprint density at radius 2 is 2.12 bits per heavy atom. The predicted octanol–water partition coefficient (Wildman–Crippen LogP) is 3.13. The average molecular weight is 177 g/mol. The van der Waals surface area contributed by atoms with Crippen LogP contribution in [-0.2, 0) is 0 Å². The van der Waals surface area contributed by atoms with Gasteiger partial charge < -0.3 is 0 Å². The third-order valence-electron chi connectivity index (χ3n) is 0.980. The van der Waals surface area contributed by atoms with Crippen LogP contribution in [0.4, 0.5) is 0 Å². The van der Waals surface area contributed by atoms with Crippen molar-refractivity contribution in [3.05, 3.63) is 12.2 Å². The van der Waals surface area contributed by atoms with E-state index < -0.39 is 0 Å². The molecule has 0 fully saturated rings. The molecule has 0 aromatic heterocycles. The van der Waals surface area contributed by atoms with E-state index in [1.54, 1.807) is 0 Å². The SMILES string of the molecule is CCCC/C=C/CBr. The summed E-state index contributed by atoms with van der Waals surface area (Å²) < 4.78 is 0. The van der Waals surface area contributed by atoms with Crippen molar-refractivity contribution < 1.29 is 0 Å². The summed E-state index contributed by atoms with van der Waals surface area (Å²) in [7, 11) is 0. The second kappa shape index (κ2) is 7.22. The smallest absolute Gasteiger partial charge is 0.0212 e. The molecule has 0 saturated carbocycles. The molecule has 0 rings (SSSR count). The van der Waals surface area contributed by atoms with Gasteiger partial charge in [0.25, 0.3) is 0 Å². The highest BCUT2D eigenvalue weighted by Gasteiger charge is 1.75. The summed E-state index contributed by atoms with van der Waals surface area (Å²) >= 11 is 3.31. The van der Waals surface area contributed by atoms with Crippen LogP contribution < -0.4 is 0 Å². The Labute approximate surface area is 60.1 Å². The molecular weight excluding hydrogens is 164 g/mol. The maximum atomic E-state index is 3.31. The van der Waals surface area contributed by atoms with Gasteiger partial charge in [-0.25, -0.2) is 0 Å². The van der Waals surface area contributed by atoms with Gasteiger partial charge in [0, 0.05) is 5.33 Å². The lowest BCUT2D eigenvalue weighted by Crippen LogP contribution is -1.66. The Kier molecular flexibility index (Phi) is 7.42. The first-order valence-electron chi connectivity index (χ1n) is 3.12. The fourth-order valence-electron chi connectivity index (χ4n) is 0.503. The molecule has 0 aromatic rings. The van der Waals surface area contributed by atoms with Crippen molar-refractivity contribution in [2.24, 2.45) is 0 Å². The molecule has 0 bridgehead atoms. The molecule has 0 spiro atoms. The molecule has 0 unspecified atom stereocenters. The number of alkyl halides is 1. The number of allylic oxidation sites excluding steroid dienone is 2. The summed E-state index contributed by atoms with van der Waals surface area (Å²) in [6.07, 6.45) is 8.23. The third-order valence-corrected chi connectivity index (χ3v) is 1.35. The minimum atomic E-state index is 0.997. The highest BCUT2D eigenvalue weighted by molar-refractivity contribution is 9.09. The van der Waals surface area contributed by atoms with E-state index in [0.29, 0.717) is 0 Å². The third kappa shape index (κ3) is 6.22. The van der Waals surface area contributed by atoms with Gasteiger partial charge >= 0.3 is 0 Å². The number of hydrogen-bond donors (Lipinski definition) is 0. The Morgan fingerprint density at radius 1 is 1.38 bits per heavy atom. The van der Waals surface area contributed by atoms with Crippen LogP contribution in [0.2, 0.25) is 0 Å². The average Bonchev–Trinajstić information content (AvgIpc) is 1.81. The Hall–Kier alpha value is 0.220. The zero-order valence-electron chi connectivity index (χ0n) is 5.36. The summed E-state index contributed by atoms with van der Waals surface area (Å²) in [6.45, 7) is 2.21. The molecule has 0 aliphatic carbocycles. The molecule has 0 atom stereocenters. The largest absolute Gasteiger partial charge is 0.0883 e. The first kappa shape index (κ1) is 8.22. The Bertz CT molecular complexity index is 57.4. The highest BCUT2D eigenvalue weighted by atomic mass is 79.9. The molecule has 0 amide bonds. The first-order chi connectivity index (χ1) is 3.91. The van der Waals surface area contributed by atoms with E-state index >= 15 is 0 Å². The molecule has 0 radical (unpaired) electrons. The standard InChI is InChI=1S/C7H13Br/c1-2-3-4-5-6-7-8/h5-6H,2-4,7H2,1H3/b6-5+. The van der Waals surface area contributed by atoms with Crippen molar-refractivity contribution in [3.8, 4) is 0 Å². The molecular formula is C7H13Br. The van der Waals surface area contributed by atoms with E-state index in [4.69, 9.17) is 0 Å². The number of hydrogen-bond acceptors (Lipinski definition) is 0. The van der Waals surface area contributed by atoms with Crippen LogP contribution in [0.5, 0.6) is 0 Å². The molecule has 0 aromatic carbocycles. The zero-order chi connectivity index (χ0) is 6.24. The van der Waals surface area contributed by atoms with Crippen LogP contribution in [-0.4, -0.2) is 5.33 Å². The van der Waals surface area contributed by atoms with Crippen molar-refractivity contribution >= 4 is 15.9 Å². The van der Waals surface area contributed by atoms with Gasteiger partial charge in [-0.15, -0.1) is 0 Å². The van der Waals surface area contributed by atoms with Crippen molar-refractivity contribution in [2.75, 3.05) is 5.33 Å². The normalized spacial score (nSPS) is 10.8. The van der Waals surface area contributed by atoms with Gasteiger partial charge in [0.2, 0.25) is 0 Å². The van der Waals surface area contributed by atoms with Crippen molar-refractivity contribution in [2.45, 2.75) is 26.2 Å². The maximum absolute atomic E-state index is 3.31. The molecule has 0 heterocycles. The lowest BCUT2D eigenvalue weighted by molar-refractivity contribution is 0.814. The van der Waals surface area contributed by atoms with E-state index in [-0.39, 0.29) is 0 Å². The summed E-state index contributed by atoms with van der Waals surface area (Å²) in [6, 6.07) is 0. The Balaban J connectivity index is 2.80. The molecule has 1 heteroatoms. The van der Waals surface area contributed by atoms with Crippen molar-refractivity contribution in [3.63, 3.8) is 0 Å². The zero-order valence-corrected chi connectivity index (χ0v) is 6.95. The molecule has 0 aliphatic heterocycles. The van der Waals surface area contributed by atoms with Gasteiger partial charge in [-0.05, 0) is 6.42 Å². The van der Waals surface area contributed by atoms with Gasteiger partial charge in [0.15, 0.2) is 0 Å². The van der Waals surface area contributed by atoms with E-state index in [0.717, 1.165) is 5.33 Å². The lowest BCUT2D eigenvalue weighted by Gasteiger charge is -1.85. The van der Waals surface area contributed by atoms with Crippen molar-refractivity contribution in [1.82, 2.24) is 0 Å². The fourth-order valence-corrected chi connectivity index (χ4v) is 0.767. The molecule has 8 heavy (non-hydrogen) atoms. The summed E-state index contributed by atoms with van der Waals surface area (Å²) in [4.78, 5) is 0. The predicted molar refractivity (Wildman–Crippen MR) is 42.5 cm³/mol. The molecule has 48 valence electrons. The van der Waals surface area contributed by atoms with Gasteiger partial charge in [0.1, 0.15) is 0 Å². The monoisotopic (exact) mass is 176 g/mol. The number of unbranched alkanes of at least 4 members (excludes halogenated alkanes) is 2. The Morgan fingerprint density at radius 3 is 2.62 bits per heavy atom. The topological polar surface area (TPSA) is 0 Å².